The van der Waals surface area contributed by atoms with E-state index in [4.69, 9.17) is 0 Å². The van der Waals surface area contributed by atoms with Gasteiger partial charge in [-0.1, -0.05) is 18.2 Å². The zero-order chi connectivity index (χ0) is 13.2. The third-order valence-corrected chi connectivity index (χ3v) is 3.28. The molecule has 0 saturated carbocycles. The van der Waals surface area contributed by atoms with Crippen LogP contribution in [-0.4, -0.2) is 14.7 Å². The first kappa shape index (κ1) is 11.9. The molecule has 3 rings (SSSR count). The fourth-order valence-electron chi connectivity index (χ4n) is 2.40. The van der Waals surface area contributed by atoms with E-state index < -0.39 is 0 Å². The molecule has 3 nitrogen and oxygen atoms in total. The van der Waals surface area contributed by atoms with Crippen molar-refractivity contribution in [1.82, 2.24) is 9.55 Å². The Labute approximate surface area is 112 Å². The van der Waals surface area contributed by atoms with E-state index in [1.165, 1.54) is 0 Å². The average molecular weight is 252 g/mol. The molecule has 1 aromatic carbocycles. The summed E-state index contributed by atoms with van der Waals surface area (Å²) in [4.78, 5) is 4.46. The van der Waals surface area contributed by atoms with E-state index in [0.717, 1.165) is 34.3 Å². The monoisotopic (exact) mass is 252 g/mol. The van der Waals surface area contributed by atoms with Crippen molar-refractivity contribution < 1.29 is 5.11 Å². The zero-order valence-electron chi connectivity index (χ0n) is 10.9. The Morgan fingerprint density at radius 3 is 2.89 bits per heavy atom. The van der Waals surface area contributed by atoms with Crippen LogP contribution in [0.1, 0.15) is 16.8 Å². The highest BCUT2D eigenvalue weighted by molar-refractivity contribution is 5.78. The summed E-state index contributed by atoms with van der Waals surface area (Å²) in [5.74, 6) is 0. The van der Waals surface area contributed by atoms with Crippen LogP contribution < -0.4 is 0 Å². The lowest BCUT2D eigenvalue weighted by atomic mass is 10.1. The summed E-state index contributed by atoms with van der Waals surface area (Å²) in [5, 5.41) is 10.5. The molecule has 0 fully saturated rings. The van der Waals surface area contributed by atoms with Crippen molar-refractivity contribution in [3.63, 3.8) is 0 Å². The molecular formula is C16H16N2O. The normalized spacial score (nSPS) is 11.1. The molecule has 0 aliphatic carbocycles. The second-order valence-electron chi connectivity index (χ2n) is 4.83. The Bertz CT molecular complexity index is 716. The van der Waals surface area contributed by atoms with E-state index in [-0.39, 0.29) is 6.61 Å². The zero-order valence-corrected chi connectivity index (χ0v) is 10.9. The van der Waals surface area contributed by atoms with Gasteiger partial charge in [-0.05, 0) is 36.2 Å². The molecule has 0 aliphatic heterocycles. The number of para-hydroxylation sites is 1. The first-order chi connectivity index (χ1) is 9.26. The Morgan fingerprint density at radius 1 is 1.21 bits per heavy atom. The van der Waals surface area contributed by atoms with Crippen LogP contribution in [0, 0.1) is 6.92 Å². The first-order valence-electron chi connectivity index (χ1n) is 6.36. The topological polar surface area (TPSA) is 38.0 Å². The lowest BCUT2D eigenvalue weighted by molar-refractivity contribution is 0.271. The Hall–Kier alpha value is -2.13. The molecule has 2 aromatic heterocycles. The van der Waals surface area contributed by atoms with E-state index >= 15 is 0 Å². The van der Waals surface area contributed by atoms with Crippen LogP contribution in [0.3, 0.4) is 0 Å². The van der Waals surface area contributed by atoms with Crippen molar-refractivity contribution >= 4 is 10.9 Å². The number of rotatable bonds is 3. The van der Waals surface area contributed by atoms with Crippen LogP contribution >= 0.6 is 0 Å². The van der Waals surface area contributed by atoms with E-state index in [9.17, 15) is 5.11 Å². The van der Waals surface area contributed by atoms with Crippen LogP contribution in [0.4, 0.5) is 0 Å². The maximum atomic E-state index is 9.35. The number of aromatic nitrogens is 2. The summed E-state index contributed by atoms with van der Waals surface area (Å²) >= 11 is 0. The SMILES string of the molecule is Cc1cc(CO)n(Cc2cnc3ccccc3c2)c1. The number of benzene rings is 1. The van der Waals surface area contributed by atoms with Crippen LogP contribution in [-0.2, 0) is 13.2 Å². The van der Waals surface area contributed by atoms with Gasteiger partial charge in [0.15, 0.2) is 0 Å². The maximum absolute atomic E-state index is 9.35. The van der Waals surface area contributed by atoms with Gasteiger partial charge in [0.25, 0.3) is 0 Å². The van der Waals surface area contributed by atoms with Gasteiger partial charge in [0.2, 0.25) is 0 Å². The van der Waals surface area contributed by atoms with Crippen molar-refractivity contribution in [1.29, 1.82) is 0 Å². The van der Waals surface area contributed by atoms with Crippen molar-refractivity contribution in [2.45, 2.75) is 20.1 Å². The molecule has 0 unspecified atom stereocenters. The number of pyridine rings is 1. The fourth-order valence-corrected chi connectivity index (χ4v) is 2.40. The molecule has 2 heterocycles. The third kappa shape index (κ3) is 2.37. The fraction of sp³-hybridized carbons (Fsp3) is 0.188. The van der Waals surface area contributed by atoms with Gasteiger partial charge >= 0.3 is 0 Å². The largest absolute Gasteiger partial charge is 0.390 e. The molecule has 3 aromatic rings. The summed E-state index contributed by atoms with van der Waals surface area (Å²) < 4.78 is 2.07. The van der Waals surface area contributed by atoms with Gasteiger partial charge in [0.05, 0.1) is 12.1 Å². The lowest BCUT2D eigenvalue weighted by Gasteiger charge is -2.08. The minimum atomic E-state index is 0.0643. The van der Waals surface area contributed by atoms with Gasteiger partial charge < -0.3 is 9.67 Å². The van der Waals surface area contributed by atoms with Gasteiger partial charge in [-0.2, -0.15) is 0 Å². The number of aliphatic hydroxyl groups is 1. The molecule has 0 radical (unpaired) electrons. The lowest BCUT2D eigenvalue weighted by Crippen LogP contribution is -2.03. The number of nitrogens with zero attached hydrogens (tertiary/aromatic N) is 2. The first-order valence-corrected chi connectivity index (χ1v) is 6.36. The molecule has 3 heteroatoms. The summed E-state index contributed by atoms with van der Waals surface area (Å²) in [6, 6.07) is 12.3. The average Bonchev–Trinajstić information content (AvgIpc) is 2.78. The molecule has 0 atom stereocenters. The smallest absolute Gasteiger partial charge is 0.0833 e. The Kier molecular flexibility index (Phi) is 3.05. The summed E-state index contributed by atoms with van der Waals surface area (Å²) in [6.45, 7) is 2.84. The number of aliphatic hydroxyl groups excluding tert-OH is 1. The highest BCUT2D eigenvalue weighted by Gasteiger charge is 2.04. The molecule has 0 amide bonds. The number of hydrogen-bond acceptors (Lipinski definition) is 2. The maximum Gasteiger partial charge on any atom is 0.0833 e. The summed E-state index contributed by atoms with van der Waals surface area (Å²) in [6.07, 6.45) is 3.96. The summed E-state index contributed by atoms with van der Waals surface area (Å²) in [5.41, 5.74) is 4.25. The van der Waals surface area contributed by atoms with Crippen molar-refractivity contribution in [2.24, 2.45) is 0 Å². The van der Waals surface area contributed by atoms with Crippen LogP contribution in [0.25, 0.3) is 10.9 Å². The second-order valence-corrected chi connectivity index (χ2v) is 4.83. The predicted octanol–water partition coefficient (Wildman–Crippen LogP) is 2.89. The molecule has 0 saturated heterocycles. The van der Waals surface area contributed by atoms with Gasteiger partial charge in [-0.15, -0.1) is 0 Å². The third-order valence-electron chi connectivity index (χ3n) is 3.28. The minimum absolute atomic E-state index is 0.0643. The van der Waals surface area contributed by atoms with E-state index in [1.54, 1.807) is 0 Å². The van der Waals surface area contributed by atoms with Crippen molar-refractivity contribution in [2.75, 3.05) is 0 Å². The number of aryl methyl sites for hydroxylation is 1. The number of fused-ring (bicyclic) bond motifs is 1. The van der Waals surface area contributed by atoms with Gasteiger partial charge in [-0.25, -0.2) is 0 Å². The van der Waals surface area contributed by atoms with E-state index in [1.807, 2.05) is 37.4 Å². The van der Waals surface area contributed by atoms with Gasteiger partial charge in [0, 0.05) is 30.0 Å². The predicted molar refractivity (Wildman–Crippen MR) is 75.9 cm³/mol. The van der Waals surface area contributed by atoms with Gasteiger partial charge in [-0.3, -0.25) is 4.98 Å². The van der Waals surface area contributed by atoms with E-state index in [0.29, 0.717) is 0 Å². The molecule has 0 spiro atoms. The van der Waals surface area contributed by atoms with Crippen molar-refractivity contribution in [3.8, 4) is 0 Å². The molecule has 19 heavy (non-hydrogen) atoms. The standard InChI is InChI=1S/C16H16N2O/c1-12-6-15(11-19)18(9-12)10-13-7-14-4-2-3-5-16(14)17-8-13/h2-9,19H,10-11H2,1H3. The molecule has 1 N–H and O–H groups in total. The minimum Gasteiger partial charge on any atom is -0.390 e. The molecule has 0 aliphatic rings. The Morgan fingerprint density at radius 2 is 2.05 bits per heavy atom. The van der Waals surface area contributed by atoms with Crippen molar-refractivity contribution in [3.05, 3.63) is 65.6 Å². The molecule has 0 bridgehead atoms. The van der Waals surface area contributed by atoms with Crippen LogP contribution in [0.2, 0.25) is 0 Å². The highest BCUT2D eigenvalue weighted by Crippen LogP contribution is 2.15. The molecular weight excluding hydrogens is 236 g/mol. The highest BCUT2D eigenvalue weighted by atomic mass is 16.3. The van der Waals surface area contributed by atoms with Gasteiger partial charge in [0.1, 0.15) is 0 Å². The second kappa shape index (κ2) is 4.86. The van der Waals surface area contributed by atoms with E-state index in [2.05, 4.69) is 27.9 Å². The van der Waals surface area contributed by atoms with Crippen LogP contribution in [0.15, 0.2) is 48.8 Å². The van der Waals surface area contributed by atoms with Crippen LogP contribution in [0.5, 0.6) is 0 Å². The molecule has 96 valence electrons. The summed E-state index contributed by atoms with van der Waals surface area (Å²) in [7, 11) is 0. The quantitative estimate of drug-likeness (QED) is 0.778. The Balaban J connectivity index is 1.96. The number of hydrogen-bond donors (Lipinski definition) is 1.